The summed E-state index contributed by atoms with van der Waals surface area (Å²) in [6.07, 6.45) is -1.95. The first kappa shape index (κ1) is 22.8. The Kier molecular flexibility index (Phi) is 6.69. The van der Waals surface area contributed by atoms with E-state index in [2.05, 4.69) is 0 Å². The third kappa shape index (κ3) is 5.25. The van der Waals surface area contributed by atoms with Crippen LogP contribution in [0.4, 0.5) is 18.9 Å². The molecule has 0 fully saturated rings. The van der Waals surface area contributed by atoms with Gasteiger partial charge in [0.25, 0.3) is 0 Å². The van der Waals surface area contributed by atoms with Gasteiger partial charge in [0.1, 0.15) is 4.88 Å². The Hall–Kier alpha value is -2.87. The molecule has 0 atom stereocenters. The summed E-state index contributed by atoms with van der Waals surface area (Å²) in [5.41, 5.74) is 1.13. The van der Waals surface area contributed by atoms with Crippen LogP contribution in [0, 0.1) is 5.92 Å². The van der Waals surface area contributed by atoms with Crippen molar-refractivity contribution in [2.24, 2.45) is 5.92 Å². The lowest BCUT2D eigenvalue weighted by Crippen LogP contribution is -2.36. The van der Waals surface area contributed by atoms with Crippen LogP contribution in [0.15, 0.2) is 59.7 Å². The summed E-state index contributed by atoms with van der Waals surface area (Å²) in [4.78, 5) is 27.0. The van der Waals surface area contributed by atoms with Crippen molar-refractivity contribution in [1.29, 1.82) is 0 Å². The fraction of sp³-hybridized carbons (Fsp3) is 0.304. The van der Waals surface area contributed by atoms with E-state index in [-0.39, 0.29) is 35.9 Å². The number of hydrogen-bond acceptors (Lipinski definition) is 3. The summed E-state index contributed by atoms with van der Waals surface area (Å²) in [6.45, 7) is 3.46. The van der Waals surface area contributed by atoms with Crippen LogP contribution in [0.5, 0.6) is 0 Å². The van der Waals surface area contributed by atoms with Gasteiger partial charge in [0.2, 0.25) is 5.91 Å². The molecule has 0 saturated carbocycles. The van der Waals surface area contributed by atoms with Gasteiger partial charge < -0.3 is 10.0 Å². The summed E-state index contributed by atoms with van der Waals surface area (Å²) < 4.78 is 38.7. The smallest absolute Gasteiger partial charge is 0.412 e. The van der Waals surface area contributed by atoms with Crippen LogP contribution in [-0.2, 0) is 4.79 Å². The van der Waals surface area contributed by atoms with Crippen molar-refractivity contribution in [3.63, 3.8) is 0 Å². The molecule has 1 N–H and O–H groups in total. The molecule has 0 aliphatic heterocycles. The third-order valence-electron chi connectivity index (χ3n) is 4.98. The lowest BCUT2D eigenvalue weighted by atomic mass is 9.97. The van der Waals surface area contributed by atoms with Gasteiger partial charge in [0.05, 0.1) is 5.69 Å². The summed E-state index contributed by atoms with van der Waals surface area (Å²) in [6, 6.07) is 10.9. The molecule has 1 aliphatic carbocycles. The highest BCUT2D eigenvalue weighted by molar-refractivity contribution is 7.18. The van der Waals surface area contributed by atoms with E-state index in [1.165, 1.54) is 11.0 Å². The predicted molar refractivity (Wildman–Crippen MR) is 115 cm³/mol. The molecule has 0 radical (unpaired) electrons. The van der Waals surface area contributed by atoms with Crippen molar-refractivity contribution in [2.75, 3.05) is 11.4 Å². The Balaban J connectivity index is 2.01. The molecule has 1 aromatic heterocycles. The summed E-state index contributed by atoms with van der Waals surface area (Å²) in [7, 11) is 0. The van der Waals surface area contributed by atoms with Gasteiger partial charge >= 0.3 is 12.1 Å². The highest BCUT2D eigenvalue weighted by Gasteiger charge is 2.34. The average molecular weight is 449 g/mol. The SMILES string of the molecule is CC(C)C(=O)N(CC1=CC=C(C(F)(F)F)CC1)c1cc(-c2ccccc2)sc1C(=O)O. The number of benzene rings is 1. The fourth-order valence-corrected chi connectivity index (χ4v) is 4.33. The van der Waals surface area contributed by atoms with E-state index < -0.39 is 23.6 Å². The first-order chi connectivity index (χ1) is 14.6. The van der Waals surface area contributed by atoms with E-state index in [9.17, 15) is 27.9 Å². The monoisotopic (exact) mass is 449 g/mol. The number of hydrogen-bond donors (Lipinski definition) is 1. The Morgan fingerprint density at radius 1 is 1.13 bits per heavy atom. The molecule has 8 heteroatoms. The molecule has 0 unspecified atom stereocenters. The van der Waals surface area contributed by atoms with Crippen LogP contribution in [0.3, 0.4) is 0 Å². The van der Waals surface area contributed by atoms with Gasteiger partial charge in [0, 0.05) is 22.9 Å². The van der Waals surface area contributed by atoms with Crippen molar-refractivity contribution < 1.29 is 27.9 Å². The van der Waals surface area contributed by atoms with Crippen molar-refractivity contribution >= 4 is 28.9 Å². The number of carbonyl (C=O) groups is 2. The number of rotatable bonds is 6. The maximum Gasteiger partial charge on any atom is 0.412 e. The number of amides is 1. The topological polar surface area (TPSA) is 57.6 Å². The number of aromatic carboxylic acids is 1. The molecular weight excluding hydrogens is 427 g/mol. The lowest BCUT2D eigenvalue weighted by molar-refractivity contribution is -0.121. The maximum absolute atomic E-state index is 13.0. The van der Waals surface area contributed by atoms with Crippen LogP contribution < -0.4 is 4.90 Å². The van der Waals surface area contributed by atoms with E-state index in [4.69, 9.17) is 0 Å². The average Bonchev–Trinajstić information content (AvgIpc) is 3.17. The normalized spacial score (nSPS) is 14.3. The molecule has 0 saturated heterocycles. The van der Waals surface area contributed by atoms with Gasteiger partial charge in [-0.1, -0.05) is 61.9 Å². The van der Waals surface area contributed by atoms with Gasteiger partial charge in [0.15, 0.2) is 0 Å². The zero-order valence-corrected chi connectivity index (χ0v) is 17.9. The second-order valence-corrected chi connectivity index (χ2v) is 8.64. The van der Waals surface area contributed by atoms with Gasteiger partial charge in [-0.25, -0.2) is 4.79 Å². The molecule has 164 valence electrons. The van der Waals surface area contributed by atoms with Gasteiger partial charge in [-0.15, -0.1) is 11.3 Å². The molecular formula is C23H22F3NO3S. The number of halogens is 3. The first-order valence-electron chi connectivity index (χ1n) is 9.77. The van der Waals surface area contributed by atoms with Crippen molar-refractivity contribution in [3.05, 3.63) is 64.6 Å². The Bertz CT molecular complexity index is 1040. The highest BCUT2D eigenvalue weighted by Crippen LogP contribution is 2.39. The first-order valence-corrected chi connectivity index (χ1v) is 10.6. The van der Waals surface area contributed by atoms with Crippen LogP contribution in [0.1, 0.15) is 36.4 Å². The van der Waals surface area contributed by atoms with Gasteiger partial charge in [-0.3, -0.25) is 4.79 Å². The summed E-state index contributed by atoms with van der Waals surface area (Å²) >= 11 is 1.07. The van der Waals surface area contributed by atoms with E-state index >= 15 is 0 Å². The molecule has 3 rings (SSSR count). The number of anilines is 1. The molecule has 31 heavy (non-hydrogen) atoms. The van der Waals surface area contributed by atoms with Crippen molar-refractivity contribution in [2.45, 2.75) is 32.9 Å². The Morgan fingerprint density at radius 2 is 1.81 bits per heavy atom. The second-order valence-electron chi connectivity index (χ2n) is 7.59. The Morgan fingerprint density at radius 3 is 2.32 bits per heavy atom. The minimum Gasteiger partial charge on any atom is -0.477 e. The minimum absolute atomic E-state index is 0.0239. The lowest BCUT2D eigenvalue weighted by Gasteiger charge is -2.27. The van der Waals surface area contributed by atoms with Crippen LogP contribution in [0.2, 0.25) is 0 Å². The van der Waals surface area contributed by atoms with Crippen molar-refractivity contribution in [1.82, 2.24) is 0 Å². The largest absolute Gasteiger partial charge is 0.477 e. The second kappa shape index (κ2) is 9.09. The number of nitrogens with zero attached hydrogens (tertiary/aromatic N) is 1. The molecule has 2 aromatic rings. The number of carbonyl (C=O) groups excluding carboxylic acids is 1. The van der Waals surface area contributed by atoms with Crippen LogP contribution >= 0.6 is 11.3 Å². The third-order valence-corrected chi connectivity index (χ3v) is 6.14. The summed E-state index contributed by atoms with van der Waals surface area (Å²) in [5, 5.41) is 9.75. The molecule has 1 heterocycles. The van der Waals surface area contributed by atoms with Crippen LogP contribution in [0.25, 0.3) is 10.4 Å². The molecule has 0 bridgehead atoms. The summed E-state index contributed by atoms with van der Waals surface area (Å²) in [5.74, 6) is -1.85. The van der Waals surface area contributed by atoms with Gasteiger partial charge in [-0.2, -0.15) is 13.2 Å². The molecule has 1 amide bonds. The minimum atomic E-state index is -4.37. The van der Waals surface area contributed by atoms with E-state index in [1.54, 1.807) is 19.9 Å². The van der Waals surface area contributed by atoms with Crippen LogP contribution in [-0.4, -0.2) is 29.7 Å². The highest BCUT2D eigenvalue weighted by atomic mass is 32.1. The predicted octanol–water partition coefficient (Wildman–Crippen LogP) is 6.31. The molecule has 4 nitrogen and oxygen atoms in total. The maximum atomic E-state index is 13.0. The number of allylic oxidation sites excluding steroid dienone is 3. The number of carboxylic acid groups (broad SMARTS) is 1. The molecule has 1 aliphatic rings. The van der Waals surface area contributed by atoms with E-state index in [0.29, 0.717) is 10.5 Å². The quantitative estimate of drug-likeness (QED) is 0.562. The van der Waals surface area contributed by atoms with E-state index in [1.807, 2.05) is 30.3 Å². The molecule has 0 spiro atoms. The standard InChI is InChI=1S/C23H22F3NO3S/c1-14(2)21(28)27(13-15-8-10-17(11-9-15)23(24,25)26)18-12-19(31-20(18)22(29)30)16-6-4-3-5-7-16/h3-8,10,12,14H,9,11,13H2,1-2H3,(H,29,30). The fourth-order valence-electron chi connectivity index (χ4n) is 3.32. The Labute approximate surface area is 182 Å². The number of alkyl halides is 3. The zero-order chi connectivity index (χ0) is 22.8. The van der Waals surface area contributed by atoms with Crippen molar-refractivity contribution in [3.8, 4) is 10.4 Å². The molecule has 1 aromatic carbocycles. The van der Waals surface area contributed by atoms with E-state index in [0.717, 1.165) is 23.0 Å². The zero-order valence-electron chi connectivity index (χ0n) is 17.1. The van der Waals surface area contributed by atoms with Gasteiger partial charge in [-0.05, 0) is 24.5 Å². The number of thiophene rings is 1. The number of carboxylic acids is 1.